The number of para-hydroxylation sites is 1. The van der Waals surface area contributed by atoms with Crippen molar-refractivity contribution < 1.29 is 32.8 Å². The van der Waals surface area contributed by atoms with Crippen LogP contribution in [0.3, 0.4) is 0 Å². The van der Waals surface area contributed by atoms with Crippen LogP contribution in [-0.2, 0) is 20.4 Å². The summed E-state index contributed by atoms with van der Waals surface area (Å²) in [6.45, 7) is -0.591. The van der Waals surface area contributed by atoms with E-state index in [1.54, 1.807) is 5.18 Å². The normalized spacial score (nSPS) is 15.6. The van der Waals surface area contributed by atoms with E-state index in [0.29, 0.717) is 0 Å². The molecule has 2 N–H and O–H groups in total. The summed E-state index contributed by atoms with van der Waals surface area (Å²) >= 11 is 18.4. The van der Waals surface area contributed by atoms with Gasteiger partial charge in [-0.2, -0.15) is 4.31 Å². The average Bonchev–Trinajstić information content (AvgIpc) is 3.17. The average molecular weight is 548 g/mol. The molecule has 1 aliphatic heterocycles. The number of aromatic carboxylic acids is 1. The molecule has 0 aliphatic carbocycles. The quantitative estimate of drug-likeness (QED) is 0.460. The van der Waals surface area contributed by atoms with Crippen LogP contribution in [0.15, 0.2) is 45.8 Å². The highest BCUT2D eigenvalue weighted by molar-refractivity contribution is 7.89. The monoisotopic (exact) mass is 546 g/mol. The van der Waals surface area contributed by atoms with E-state index >= 15 is 0 Å². The first-order chi connectivity index (χ1) is 16.1. The molecule has 1 aliphatic rings. The van der Waals surface area contributed by atoms with Gasteiger partial charge in [-0.15, -0.1) is 0 Å². The number of carbonyl (C=O) groups is 1. The van der Waals surface area contributed by atoms with Gasteiger partial charge in [-0.1, -0.05) is 52.1 Å². The third-order valence-corrected chi connectivity index (χ3v) is 8.10. The van der Waals surface area contributed by atoms with Crippen molar-refractivity contribution >= 4 is 56.5 Å². The van der Waals surface area contributed by atoms with Gasteiger partial charge in [0.25, 0.3) is 5.69 Å². The number of sulfonamides is 1. The number of hydrogen-bond acceptors (Lipinski definition) is 7. The fourth-order valence-electron chi connectivity index (χ4n) is 3.71. The lowest BCUT2D eigenvalue weighted by molar-refractivity contribution is -0.382. The van der Waals surface area contributed by atoms with Crippen LogP contribution < -0.4 is 5.18 Å². The van der Waals surface area contributed by atoms with Crippen LogP contribution in [-0.4, -0.2) is 49.2 Å². The fourth-order valence-corrected chi connectivity index (χ4v) is 6.38. The maximum atomic E-state index is 13.1. The van der Waals surface area contributed by atoms with E-state index in [9.17, 15) is 23.2 Å². The van der Waals surface area contributed by atoms with Crippen molar-refractivity contribution in [2.24, 2.45) is 0 Å². The van der Waals surface area contributed by atoms with Crippen molar-refractivity contribution in [2.75, 3.05) is 20.2 Å². The molecule has 0 unspecified atom stereocenters. The number of nitroso groups, excluding NO2 is 1. The largest absolute Gasteiger partial charge is 0.477 e. The Balaban J connectivity index is 1.76. The number of carboxylic acids is 1. The molecule has 0 amide bonds. The molecule has 4 rings (SSSR count). The maximum Gasteiger partial charge on any atom is 0.341 e. The second-order valence-electron chi connectivity index (χ2n) is 7.35. The van der Waals surface area contributed by atoms with E-state index in [-0.39, 0.29) is 61.3 Å². The predicted molar refractivity (Wildman–Crippen MR) is 122 cm³/mol. The Morgan fingerprint density at radius 1 is 1.21 bits per heavy atom. The summed E-state index contributed by atoms with van der Waals surface area (Å²) in [7, 11) is -2.82. The number of nitrogens with zero attached hydrogens (tertiary/aromatic N) is 2. The lowest BCUT2D eigenvalue weighted by Crippen LogP contribution is -2.63. The summed E-state index contributed by atoms with van der Waals surface area (Å²) in [6, 6.07) is 8.33. The number of aromatic nitrogens is 1. The number of methoxy groups -OCH3 is 1. The Bertz CT molecular complexity index is 1400. The van der Waals surface area contributed by atoms with Crippen molar-refractivity contribution in [1.29, 1.82) is 0 Å². The molecule has 2 heterocycles. The molecule has 178 valence electrons. The Morgan fingerprint density at radius 3 is 2.38 bits per heavy atom. The molecule has 0 spiro atoms. The standard InChI is InChI=1S/C20H14Cl3N3O7S/c1-32-20(8-26(9-20)34(30,31)14-5-3-2-4-13(14)24-29)18-16(19(27)28)17(25-33-18)15-11(22)6-10(21)7-12(15)23/h2-7H,8-9H2,1H3,(H,27,28)/p+1. The Hall–Kier alpha value is -2.54. The number of benzene rings is 2. The molecular formula is C20H15Cl3N3O7S+. The van der Waals surface area contributed by atoms with Crippen LogP contribution in [0.5, 0.6) is 0 Å². The minimum absolute atomic E-state index is 0.0471. The zero-order chi connectivity index (χ0) is 24.8. The molecule has 0 bridgehead atoms. The van der Waals surface area contributed by atoms with E-state index in [2.05, 4.69) is 5.16 Å². The topological polar surface area (TPSA) is 141 Å². The van der Waals surface area contributed by atoms with E-state index in [0.717, 1.165) is 4.31 Å². The molecule has 3 aromatic rings. The highest BCUT2D eigenvalue weighted by Crippen LogP contribution is 2.45. The first-order valence-corrected chi connectivity index (χ1v) is 12.0. The molecular weight excluding hydrogens is 533 g/mol. The van der Waals surface area contributed by atoms with Crippen molar-refractivity contribution in [3.63, 3.8) is 0 Å². The number of ether oxygens (including phenoxy) is 1. The molecule has 0 atom stereocenters. The van der Waals surface area contributed by atoms with Gasteiger partial charge < -0.3 is 14.4 Å². The SMILES string of the molecule is COC1(c2onc(-c3c(Cl)cc(Cl)cc3Cl)c2C(=O)O)CN(S(=O)(=O)c2ccccc2[NH+]=O)C1. The van der Waals surface area contributed by atoms with Gasteiger partial charge in [0.2, 0.25) is 10.0 Å². The number of rotatable bonds is 7. The van der Waals surface area contributed by atoms with Gasteiger partial charge >= 0.3 is 5.97 Å². The Kier molecular flexibility index (Phi) is 6.44. The summed E-state index contributed by atoms with van der Waals surface area (Å²) in [6.07, 6.45) is 0. The Morgan fingerprint density at radius 2 is 1.82 bits per heavy atom. The fraction of sp³-hybridized carbons (Fsp3) is 0.200. The van der Waals surface area contributed by atoms with Crippen molar-refractivity contribution in [3.8, 4) is 11.3 Å². The number of halogens is 3. The first-order valence-electron chi connectivity index (χ1n) is 9.46. The van der Waals surface area contributed by atoms with Crippen LogP contribution in [0.25, 0.3) is 11.3 Å². The van der Waals surface area contributed by atoms with E-state index in [1.807, 2.05) is 0 Å². The summed E-state index contributed by atoms with van der Waals surface area (Å²) in [5.41, 5.74) is -2.04. The van der Waals surface area contributed by atoms with Gasteiger partial charge in [0.05, 0.1) is 23.1 Å². The molecule has 0 saturated carbocycles. The molecule has 1 fully saturated rings. The first kappa shape index (κ1) is 24.6. The number of hydrogen-bond donors (Lipinski definition) is 2. The molecule has 0 radical (unpaired) electrons. The third-order valence-electron chi connectivity index (χ3n) is 5.43. The molecule has 34 heavy (non-hydrogen) atoms. The van der Waals surface area contributed by atoms with Crippen molar-refractivity contribution in [3.05, 3.63) is 67.7 Å². The van der Waals surface area contributed by atoms with E-state index in [1.165, 1.54) is 43.5 Å². The second kappa shape index (κ2) is 8.91. The van der Waals surface area contributed by atoms with Gasteiger partial charge in [-0.05, 0) is 18.2 Å². The predicted octanol–water partition coefficient (Wildman–Crippen LogP) is 3.02. The van der Waals surface area contributed by atoms with Crippen molar-refractivity contribution in [1.82, 2.24) is 9.46 Å². The van der Waals surface area contributed by atoms with Gasteiger partial charge in [-0.25, -0.2) is 13.2 Å². The second-order valence-corrected chi connectivity index (χ2v) is 10.5. The summed E-state index contributed by atoms with van der Waals surface area (Å²) in [4.78, 5) is 23.2. The van der Waals surface area contributed by atoms with Crippen LogP contribution in [0.2, 0.25) is 15.1 Å². The minimum atomic E-state index is -4.11. The number of carboxylic acid groups (broad SMARTS) is 1. The molecule has 1 aromatic heterocycles. The number of nitrogens with one attached hydrogen (secondary N) is 1. The van der Waals surface area contributed by atoms with Gasteiger partial charge in [0.1, 0.15) is 11.3 Å². The third kappa shape index (κ3) is 3.88. The lowest BCUT2D eigenvalue weighted by Gasteiger charge is -2.46. The van der Waals surface area contributed by atoms with Gasteiger partial charge in [0, 0.05) is 33.8 Å². The lowest BCUT2D eigenvalue weighted by atomic mass is 9.89. The molecule has 10 nitrogen and oxygen atoms in total. The summed E-state index contributed by atoms with van der Waals surface area (Å²) in [5, 5.41) is 15.7. The zero-order valence-corrected chi connectivity index (χ0v) is 20.3. The Labute approximate surface area is 208 Å². The van der Waals surface area contributed by atoms with Crippen LogP contribution in [0, 0.1) is 4.91 Å². The molecule has 14 heteroatoms. The van der Waals surface area contributed by atoms with Crippen LogP contribution >= 0.6 is 34.8 Å². The highest BCUT2D eigenvalue weighted by Gasteiger charge is 2.55. The summed E-state index contributed by atoms with van der Waals surface area (Å²) < 4.78 is 38.1. The highest BCUT2D eigenvalue weighted by atomic mass is 35.5. The minimum Gasteiger partial charge on any atom is -0.477 e. The van der Waals surface area contributed by atoms with Crippen molar-refractivity contribution in [2.45, 2.75) is 10.5 Å². The maximum absolute atomic E-state index is 13.1. The van der Waals surface area contributed by atoms with E-state index < -0.39 is 21.6 Å². The molecule has 1 saturated heterocycles. The van der Waals surface area contributed by atoms with Gasteiger partial charge in [0.15, 0.2) is 16.3 Å². The van der Waals surface area contributed by atoms with Gasteiger partial charge in [-0.3, -0.25) is 0 Å². The van der Waals surface area contributed by atoms with Crippen LogP contribution in [0.4, 0.5) is 5.69 Å². The summed E-state index contributed by atoms with van der Waals surface area (Å²) in [5.74, 6) is -1.62. The van der Waals surface area contributed by atoms with Crippen LogP contribution in [0.1, 0.15) is 16.1 Å². The zero-order valence-electron chi connectivity index (χ0n) is 17.2. The van der Waals surface area contributed by atoms with E-state index in [4.69, 9.17) is 44.1 Å². The smallest absolute Gasteiger partial charge is 0.341 e. The molecule has 2 aromatic carbocycles.